The summed E-state index contributed by atoms with van der Waals surface area (Å²) in [6.07, 6.45) is 5.71. The number of hydrogen-bond acceptors (Lipinski definition) is 0. The van der Waals surface area contributed by atoms with Crippen LogP contribution in [0.2, 0.25) is 0 Å². The van der Waals surface area contributed by atoms with E-state index in [1.54, 1.807) is 0 Å². The molecular weight excluding hydrogens is 108 g/mol. The van der Waals surface area contributed by atoms with E-state index < -0.39 is 0 Å². The largest absolute Gasteiger partial charge is 0.0914 e. The first-order valence-corrected chi connectivity index (χ1v) is 3.85. The fourth-order valence-electron chi connectivity index (χ4n) is 1.08. The molecule has 1 unspecified atom stereocenters. The zero-order chi connectivity index (χ0) is 7.28. The van der Waals surface area contributed by atoms with E-state index in [1.165, 1.54) is 6.42 Å². The van der Waals surface area contributed by atoms with Crippen LogP contribution in [0.4, 0.5) is 0 Å². The first kappa shape index (κ1) is 8.74. The molecule has 0 aromatic heterocycles. The van der Waals surface area contributed by atoms with E-state index in [-0.39, 0.29) is 0 Å². The second-order valence-corrected chi connectivity index (χ2v) is 2.84. The second kappa shape index (κ2) is 4.60. The van der Waals surface area contributed by atoms with Crippen LogP contribution in [0.1, 0.15) is 34.1 Å². The van der Waals surface area contributed by atoms with Crippen molar-refractivity contribution in [2.45, 2.75) is 34.1 Å². The van der Waals surface area contributed by atoms with Crippen LogP contribution in [0.3, 0.4) is 0 Å². The molecule has 0 heterocycles. The molecule has 0 rings (SSSR count). The van der Waals surface area contributed by atoms with Crippen molar-refractivity contribution in [2.24, 2.45) is 11.8 Å². The van der Waals surface area contributed by atoms with E-state index in [0.717, 1.165) is 11.8 Å². The van der Waals surface area contributed by atoms with Crippen molar-refractivity contribution in [2.75, 3.05) is 0 Å². The molecule has 0 aliphatic carbocycles. The summed E-state index contributed by atoms with van der Waals surface area (Å²) in [7, 11) is 0. The fraction of sp³-hybridized carbons (Fsp3) is 0.778. The minimum Gasteiger partial charge on any atom is -0.0914 e. The molecule has 0 spiro atoms. The normalized spacial score (nSPS) is 15.2. The van der Waals surface area contributed by atoms with Crippen LogP contribution in [0.5, 0.6) is 0 Å². The monoisotopic (exact) mass is 126 g/mol. The maximum Gasteiger partial charge on any atom is -0.0213 e. The first-order valence-electron chi connectivity index (χ1n) is 3.85. The Morgan fingerprint density at radius 1 is 1.33 bits per heavy atom. The van der Waals surface area contributed by atoms with Crippen molar-refractivity contribution >= 4 is 0 Å². The Morgan fingerprint density at radius 2 is 1.89 bits per heavy atom. The van der Waals surface area contributed by atoms with Gasteiger partial charge in [-0.3, -0.25) is 0 Å². The van der Waals surface area contributed by atoms with Gasteiger partial charge < -0.3 is 0 Å². The van der Waals surface area contributed by atoms with Crippen LogP contribution in [-0.2, 0) is 0 Å². The Morgan fingerprint density at radius 3 is 2.00 bits per heavy atom. The highest BCUT2D eigenvalue weighted by Gasteiger charge is 2.04. The summed E-state index contributed by atoms with van der Waals surface area (Å²) in [5.74, 6) is 1.58. The summed E-state index contributed by atoms with van der Waals surface area (Å²) in [4.78, 5) is 0. The minimum absolute atomic E-state index is 0.787. The summed E-state index contributed by atoms with van der Waals surface area (Å²) in [6.45, 7) is 8.87. The second-order valence-electron chi connectivity index (χ2n) is 2.84. The van der Waals surface area contributed by atoms with Crippen LogP contribution in [0, 0.1) is 11.8 Å². The molecule has 0 fully saturated rings. The molecule has 0 aliphatic rings. The van der Waals surface area contributed by atoms with E-state index in [4.69, 9.17) is 0 Å². The van der Waals surface area contributed by atoms with Gasteiger partial charge in [0.05, 0.1) is 0 Å². The molecular formula is C9H18. The molecule has 0 aromatic carbocycles. The van der Waals surface area contributed by atoms with Gasteiger partial charge in [0, 0.05) is 0 Å². The van der Waals surface area contributed by atoms with Gasteiger partial charge in [0.2, 0.25) is 0 Å². The van der Waals surface area contributed by atoms with E-state index in [1.807, 2.05) is 0 Å². The lowest BCUT2D eigenvalue weighted by Crippen LogP contribution is -2.02. The van der Waals surface area contributed by atoms with Crippen molar-refractivity contribution < 1.29 is 0 Å². The highest BCUT2D eigenvalue weighted by molar-refractivity contribution is 4.86. The van der Waals surface area contributed by atoms with E-state index >= 15 is 0 Å². The Labute approximate surface area is 59.0 Å². The summed E-state index contributed by atoms with van der Waals surface area (Å²) in [5.41, 5.74) is 0. The van der Waals surface area contributed by atoms with Crippen molar-refractivity contribution in [1.29, 1.82) is 0 Å². The molecule has 9 heavy (non-hydrogen) atoms. The van der Waals surface area contributed by atoms with Gasteiger partial charge in [0.25, 0.3) is 0 Å². The van der Waals surface area contributed by atoms with Crippen LogP contribution >= 0.6 is 0 Å². The smallest absolute Gasteiger partial charge is 0.0213 e. The highest BCUT2D eigenvalue weighted by atomic mass is 14.1. The van der Waals surface area contributed by atoms with Gasteiger partial charge in [0.15, 0.2) is 0 Å². The van der Waals surface area contributed by atoms with Crippen LogP contribution in [0.25, 0.3) is 0 Å². The summed E-state index contributed by atoms with van der Waals surface area (Å²) >= 11 is 0. The maximum absolute atomic E-state index is 2.30. The Bertz CT molecular complexity index is 80.0. The third-order valence-electron chi connectivity index (χ3n) is 1.77. The van der Waals surface area contributed by atoms with Gasteiger partial charge in [-0.15, -0.1) is 0 Å². The van der Waals surface area contributed by atoms with Crippen molar-refractivity contribution in [1.82, 2.24) is 0 Å². The van der Waals surface area contributed by atoms with Gasteiger partial charge >= 0.3 is 0 Å². The SMILES string of the molecule is CC=CC(CC)C(C)C. The predicted octanol–water partition coefficient (Wildman–Crippen LogP) is 3.24. The van der Waals surface area contributed by atoms with Gasteiger partial charge in [0.1, 0.15) is 0 Å². The maximum atomic E-state index is 2.30. The zero-order valence-electron chi connectivity index (χ0n) is 7.02. The molecule has 1 atom stereocenters. The van der Waals surface area contributed by atoms with Crippen molar-refractivity contribution in [3.05, 3.63) is 12.2 Å². The molecule has 0 saturated carbocycles. The Hall–Kier alpha value is -0.260. The minimum atomic E-state index is 0.787. The molecule has 0 aromatic rings. The van der Waals surface area contributed by atoms with Crippen molar-refractivity contribution in [3.8, 4) is 0 Å². The third kappa shape index (κ3) is 3.34. The lowest BCUT2D eigenvalue weighted by Gasteiger charge is -2.13. The Balaban J connectivity index is 3.68. The fourth-order valence-corrected chi connectivity index (χ4v) is 1.08. The lowest BCUT2D eigenvalue weighted by atomic mass is 9.93. The van der Waals surface area contributed by atoms with Crippen molar-refractivity contribution in [3.63, 3.8) is 0 Å². The van der Waals surface area contributed by atoms with E-state index in [2.05, 4.69) is 39.8 Å². The average molecular weight is 126 g/mol. The molecule has 0 N–H and O–H groups in total. The molecule has 54 valence electrons. The summed E-state index contributed by atoms with van der Waals surface area (Å²) in [6, 6.07) is 0. The topological polar surface area (TPSA) is 0 Å². The quantitative estimate of drug-likeness (QED) is 0.509. The highest BCUT2D eigenvalue weighted by Crippen LogP contribution is 2.15. The number of rotatable bonds is 3. The van der Waals surface area contributed by atoms with Crippen LogP contribution in [0.15, 0.2) is 12.2 Å². The molecule has 0 amide bonds. The first-order chi connectivity index (χ1) is 4.22. The lowest BCUT2D eigenvalue weighted by molar-refractivity contribution is 0.453. The van der Waals surface area contributed by atoms with Crippen LogP contribution in [-0.4, -0.2) is 0 Å². The molecule has 0 aliphatic heterocycles. The summed E-state index contributed by atoms with van der Waals surface area (Å²) in [5, 5.41) is 0. The average Bonchev–Trinajstić information content (AvgIpc) is 1.82. The van der Waals surface area contributed by atoms with Gasteiger partial charge in [-0.2, -0.15) is 0 Å². The van der Waals surface area contributed by atoms with Gasteiger partial charge in [-0.05, 0) is 25.2 Å². The van der Waals surface area contributed by atoms with E-state index in [0.29, 0.717) is 0 Å². The molecule has 0 heteroatoms. The zero-order valence-corrected chi connectivity index (χ0v) is 7.02. The van der Waals surface area contributed by atoms with E-state index in [9.17, 15) is 0 Å². The predicted molar refractivity (Wildman–Crippen MR) is 43.4 cm³/mol. The van der Waals surface area contributed by atoms with Gasteiger partial charge in [-0.1, -0.05) is 32.9 Å². The number of hydrogen-bond donors (Lipinski definition) is 0. The molecule has 0 bridgehead atoms. The third-order valence-corrected chi connectivity index (χ3v) is 1.77. The molecule has 0 radical (unpaired) electrons. The number of allylic oxidation sites excluding steroid dienone is 2. The molecule has 0 nitrogen and oxygen atoms in total. The van der Waals surface area contributed by atoms with Gasteiger partial charge in [-0.25, -0.2) is 0 Å². The Kier molecular flexibility index (Phi) is 4.47. The standard InChI is InChI=1S/C9H18/c1-5-7-9(6-2)8(3)4/h5,7-9H,6H2,1-4H3. The molecule has 0 saturated heterocycles. The van der Waals surface area contributed by atoms with Crippen LogP contribution < -0.4 is 0 Å². The summed E-state index contributed by atoms with van der Waals surface area (Å²) < 4.78 is 0.